The minimum atomic E-state index is -0.502. The van der Waals surface area contributed by atoms with Crippen molar-refractivity contribution in [3.8, 4) is 35.3 Å². The fourth-order valence-corrected chi connectivity index (χ4v) is 11.5. The fourth-order valence-electron chi connectivity index (χ4n) is 5.15. The Morgan fingerprint density at radius 3 is 1.00 bits per heavy atom. The van der Waals surface area contributed by atoms with Gasteiger partial charge in [-0.2, -0.15) is 10.5 Å². The number of aliphatic hydroxyl groups is 2. The normalized spacial score (nSPS) is 10.2. The van der Waals surface area contributed by atoms with E-state index in [1.54, 1.807) is 0 Å². The van der Waals surface area contributed by atoms with Crippen molar-refractivity contribution < 1.29 is 29.7 Å². The molecule has 262 valence electrons. The number of rotatable bonds is 12. The van der Waals surface area contributed by atoms with Crippen molar-refractivity contribution in [2.75, 3.05) is 0 Å². The number of pyridine rings is 4. The van der Waals surface area contributed by atoms with Gasteiger partial charge in [0.25, 0.3) is 12.5 Å². The number of nitrogens with zero attached hydrogens (tertiary/aromatic N) is 6. The van der Waals surface area contributed by atoms with E-state index in [0.29, 0.717) is 0 Å². The van der Waals surface area contributed by atoms with E-state index in [-0.39, 0.29) is 19.5 Å². The van der Waals surface area contributed by atoms with Gasteiger partial charge in [-0.3, -0.25) is 19.9 Å². The first-order valence-electron chi connectivity index (χ1n) is 16.5. The first-order chi connectivity index (χ1) is 22.9. The molecular weight excluding hydrogens is 730 g/mol. The zero-order valence-corrected chi connectivity index (χ0v) is 33.9. The number of hydrogen-bond donors (Lipinski definition) is 2. The molecule has 0 aliphatic carbocycles. The van der Waals surface area contributed by atoms with Crippen LogP contribution < -0.4 is 10.4 Å². The first-order valence-corrected chi connectivity index (χ1v) is 20.3. The Morgan fingerprint density at radius 2 is 0.796 bits per heavy atom. The monoisotopic (exact) mass is 782 g/mol. The van der Waals surface area contributed by atoms with Gasteiger partial charge in [-0.15, -0.1) is 0 Å². The van der Waals surface area contributed by atoms with Gasteiger partial charge in [-0.1, -0.05) is 104 Å². The molecule has 0 aromatic carbocycles. The molecule has 4 heterocycles. The smallest absolute Gasteiger partial charge is 0.283 e. The van der Waals surface area contributed by atoms with E-state index < -0.39 is 17.6 Å². The molecule has 0 saturated carbocycles. The van der Waals surface area contributed by atoms with E-state index >= 15 is 0 Å². The minimum absolute atomic E-state index is 0. The Labute approximate surface area is 310 Å². The summed E-state index contributed by atoms with van der Waals surface area (Å²) in [5.41, 5.74) is 3.83. The molecule has 4 rings (SSSR count). The molecule has 0 spiro atoms. The number of nitriles is 2. The third kappa shape index (κ3) is 19.1. The quantitative estimate of drug-likeness (QED) is 0.109. The van der Waals surface area contributed by atoms with E-state index in [4.69, 9.17) is 20.7 Å². The SMILES string of the molecule is CC(C)C[Si](CC(C)C)c1ccc(-c2ccccn2)nc1.CC(C)C[Si](CC(C)C)c1ccc(-c2ccccn2)nc1.N#CO.N#CO.[Ru]. The Morgan fingerprint density at radius 1 is 0.510 bits per heavy atom. The van der Waals surface area contributed by atoms with Crippen LogP contribution in [0.25, 0.3) is 22.8 Å². The summed E-state index contributed by atoms with van der Waals surface area (Å²) in [7, 11) is -1.00. The standard InChI is InChI=1S/2C18H25N2Si.2CHNO.Ru/c2*1-14(2)12-21(13-15(3)4)16-8-9-18(20-11-16)17-7-5-6-10-19-17;2*2-1-3;/h2*5-11,14-15H,12-13H2,1-4H3;2*3H;. The van der Waals surface area contributed by atoms with Gasteiger partial charge in [0.05, 0.1) is 40.4 Å². The average molecular weight is 782 g/mol. The summed E-state index contributed by atoms with van der Waals surface area (Å²) >= 11 is 0. The van der Waals surface area contributed by atoms with E-state index in [1.807, 2.05) is 48.8 Å². The van der Waals surface area contributed by atoms with Gasteiger partial charge in [0.1, 0.15) is 0 Å². The largest absolute Gasteiger partial charge is 0.443 e. The van der Waals surface area contributed by atoms with Crippen LogP contribution >= 0.6 is 0 Å². The molecule has 0 saturated heterocycles. The molecule has 49 heavy (non-hydrogen) atoms. The molecular formula is C38H52N6O2RuSi2. The summed E-state index contributed by atoms with van der Waals surface area (Å²) in [5, 5.41) is 30.4. The van der Waals surface area contributed by atoms with Crippen molar-refractivity contribution in [2.24, 2.45) is 23.7 Å². The van der Waals surface area contributed by atoms with E-state index in [9.17, 15) is 0 Å². The van der Waals surface area contributed by atoms with E-state index in [0.717, 1.165) is 59.0 Å². The van der Waals surface area contributed by atoms with Crippen LogP contribution in [0.2, 0.25) is 24.2 Å². The van der Waals surface area contributed by atoms with Gasteiger partial charge in [0.2, 0.25) is 0 Å². The van der Waals surface area contributed by atoms with E-state index in [1.165, 1.54) is 34.5 Å². The van der Waals surface area contributed by atoms with E-state index in [2.05, 4.69) is 112 Å². The predicted octanol–water partition coefficient (Wildman–Crippen LogP) is 7.99. The van der Waals surface area contributed by atoms with Gasteiger partial charge in [0.15, 0.2) is 0 Å². The Bertz CT molecular complexity index is 1340. The maximum atomic E-state index is 6.88. The second kappa shape index (κ2) is 26.1. The Hall–Kier alpha value is -3.76. The molecule has 0 aliphatic heterocycles. The summed E-state index contributed by atoms with van der Waals surface area (Å²) < 4.78 is 0. The summed E-state index contributed by atoms with van der Waals surface area (Å²) in [6.45, 7) is 18.6. The molecule has 0 amide bonds. The molecule has 0 unspecified atom stereocenters. The van der Waals surface area contributed by atoms with Crippen LogP contribution in [0.5, 0.6) is 0 Å². The summed E-state index contributed by atoms with van der Waals surface area (Å²) in [6, 6.07) is 26.0. The average Bonchev–Trinajstić information content (AvgIpc) is 3.05. The Kier molecular flexibility index (Phi) is 24.1. The fraction of sp³-hybridized carbons (Fsp3) is 0.421. The van der Waals surface area contributed by atoms with Crippen molar-refractivity contribution in [3.05, 3.63) is 85.5 Å². The number of aliphatic hydroxyl groups excluding tert-OH is 2. The third-order valence-corrected chi connectivity index (χ3v) is 14.3. The molecule has 2 radical (unpaired) electrons. The van der Waals surface area contributed by atoms with Gasteiger partial charge >= 0.3 is 0 Å². The summed E-state index contributed by atoms with van der Waals surface area (Å²) in [4.78, 5) is 18.0. The predicted molar refractivity (Wildman–Crippen MR) is 199 cm³/mol. The molecule has 11 heteroatoms. The van der Waals surface area contributed by atoms with Crippen molar-refractivity contribution >= 4 is 28.0 Å². The summed E-state index contributed by atoms with van der Waals surface area (Å²) in [6.07, 6.45) is 9.31. The molecule has 8 nitrogen and oxygen atoms in total. The molecule has 4 aromatic heterocycles. The van der Waals surface area contributed by atoms with Crippen molar-refractivity contribution in [1.82, 2.24) is 19.9 Å². The van der Waals surface area contributed by atoms with Crippen LogP contribution in [0.15, 0.2) is 85.5 Å². The maximum absolute atomic E-state index is 6.88. The molecule has 2 N–H and O–H groups in total. The second-order valence-electron chi connectivity index (χ2n) is 13.1. The molecule has 0 bridgehead atoms. The van der Waals surface area contributed by atoms with Crippen LogP contribution in [-0.4, -0.2) is 47.7 Å². The molecule has 4 aromatic rings. The van der Waals surface area contributed by atoms with Gasteiger partial charge in [0, 0.05) is 44.3 Å². The Balaban J connectivity index is 0.000000796. The van der Waals surface area contributed by atoms with Gasteiger partial charge in [-0.25, -0.2) is 0 Å². The van der Waals surface area contributed by atoms with Gasteiger partial charge < -0.3 is 10.2 Å². The van der Waals surface area contributed by atoms with Gasteiger partial charge in [-0.05, 0) is 70.4 Å². The molecule has 0 atom stereocenters. The first kappa shape index (κ1) is 45.2. The maximum Gasteiger partial charge on any atom is 0.283 e. The van der Waals surface area contributed by atoms with Crippen molar-refractivity contribution in [2.45, 2.75) is 79.6 Å². The number of hydrogen-bond acceptors (Lipinski definition) is 8. The number of aromatic nitrogens is 4. The van der Waals surface area contributed by atoms with Crippen LogP contribution in [0.4, 0.5) is 0 Å². The molecule has 0 fully saturated rings. The van der Waals surface area contributed by atoms with Crippen molar-refractivity contribution in [1.29, 1.82) is 10.5 Å². The van der Waals surface area contributed by atoms with Crippen LogP contribution in [0.1, 0.15) is 55.4 Å². The minimum Gasteiger partial charge on any atom is -0.443 e. The zero-order chi connectivity index (χ0) is 35.9. The van der Waals surface area contributed by atoms with Crippen LogP contribution in [0.3, 0.4) is 0 Å². The third-order valence-electron chi connectivity index (χ3n) is 6.82. The van der Waals surface area contributed by atoms with Crippen LogP contribution in [-0.2, 0) is 19.5 Å². The zero-order valence-electron chi connectivity index (χ0n) is 30.2. The summed E-state index contributed by atoms with van der Waals surface area (Å²) in [5.74, 6) is 3.03. The molecule has 0 aliphatic rings. The second-order valence-corrected chi connectivity index (χ2v) is 18.3. The topological polar surface area (TPSA) is 140 Å². The van der Waals surface area contributed by atoms with Crippen LogP contribution in [0, 0.1) is 46.7 Å². The van der Waals surface area contributed by atoms with Crippen molar-refractivity contribution in [3.63, 3.8) is 0 Å².